The van der Waals surface area contributed by atoms with Gasteiger partial charge in [0.15, 0.2) is 0 Å². The number of rotatable bonds is 4. The number of carbonyl (C=O) groups is 1. The van der Waals surface area contributed by atoms with Gasteiger partial charge in [0.2, 0.25) is 6.29 Å². The maximum atomic E-state index is 10.9. The zero-order valence-electron chi connectivity index (χ0n) is 8.27. The van der Waals surface area contributed by atoms with E-state index in [9.17, 15) is 4.79 Å². The summed E-state index contributed by atoms with van der Waals surface area (Å²) in [4.78, 5) is 10.9. The molecule has 0 N–H and O–H groups in total. The van der Waals surface area contributed by atoms with Crippen LogP contribution in [0.25, 0.3) is 0 Å². The first-order chi connectivity index (χ1) is 7.13. The second kappa shape index (κ2) is 5.56. The molecule has 3 nitrogen and oxygen atoms in total. The van der Waals surface area contributed by atoms with Gasteiger partial charge in [0.1, 0.15) is 5.75 Å². The molecule has 0 amide bonds. The van der Waals surface area contributed by atoms with Crippen molar-refractivity contribution in [1.29, 1.82) is 0 Å². The quantitative estimate of drug-likeness (QED) is 0.480. The van der Waals surface area contributed by atoms with Gasteiger partial charge in [-0.2, -0.15) is 0 Å². The van der Waals surface area contributed by atoms with E-state index in [-0.39, 0.29) is 0 Å². The molecular formula is C11H11BrO3. The summed E-state index contributed by atoms with van der Waals surface area (Å²) in [5.74, 6) is 0.122. The highest BCUT2D eigenvalue weighted by Gasteiger charge is 2.09. The Morgan fingerprint density at radius 2 is 2.20 bits per heavy atom. The molecule has 80 valence electrons. The van der Waals surface area contributed by atoms with Crippen molar-refractivity contribution in [2.24, 2.45) is 0 Å². The summed E-state index contributed by atoms with van der Waals surface area (Å²) < 4.78 is 11.0. The second-order valence-corrected chi connectivity index (χ2v) is 3.61. The van der Waals surface area contributed by atoms with Gasteiger partial charge in [-0.25, -0.2) is 4.79 Å². The van der Waals surface area contributed by atoms with Gasteiger partial charge < -0.3 is 9.47 Å². The molecule has 1 unspecified atom stereocenters. The van der Waals surface area contributed by atoms with Gasteiger partial charge in [-0.1, -0.05) is 18.7 Å². The van der Waals surface area contributed by atoms with Gasteiger partial charge in [-0.15, -0.1) is 0 Å². The van der Waals surface area contributed by atoms with Crippen LogP contribution >= 0.6 is 15.9 Å². The molecule has 1 atom stereocenters. The predicted octanol–water partition coefficient (Wildman–Crippen LogP) is 2.90. The number of hydrogen-bond acceptors (Lipinski definition) is 3. The average Bonchev–Trinajstić information content (AvgIpc) is 2.21. The molecule has 1 rings (SSSR count). The van der Waals surface area contributed by atoms with Crippen LogP contribution in [0.4, 0.5) is 0 Å². The van der Waals surface area contributed by atoms with Crippen LogP contribution in [0.5, 0.6) is 5.75 Å². The number of benzene rings is 1. The molecule has 0 radical (unpaired) electrons. The summed E-state index contributed by atoms with van der Waals surface area (Å²) >= 11 is 3.32. The van der Waals surface area contributed by atoms with Gasteiger partial charge in [0, 0.05) is 13.0 Å². The summed E-state index contributed by atoms with van der Waals surface area (Å²) in [6.07, 6.45) is 0.453. The molecule has 0 saturated carbocycles. The Morgan fingerprint density at radius 1 is 1.53 bits per heavy atom. The fraction of sp³-hybridized carbons (Fsp3) is 0.182. The number of halogens is 1. The zero-order chi connectivity index (χ0) is 11.3. The number of ether oxygens (including phenoxy) is 2. The Kier molecular flexibility index (Phi) is 4.37. The number of carbonyl (C=O) groups excluding carboxylic acids is 1. The molecule has 0 saturated heterocycles. The predicted molar refractivity (Wildman–Crippen MR) is 60.5 cm³/mol. The third kappa shape index (κ3) is 3.75. The maximum Gasteiger partial charge on any atom is 0.333 e. The second-order valence-electron chi connectivity index (χ2n) is 2.76. The summed E-state index contributed by atoms with van der Waals surface area (Å²) in [6, 6.07) is 7.33. The van der Waals surface area contributed by atoms with E-state index in [1.54, 1.807) is 13.0 Å². The fourth-order valence-electron chi connectivity index (χ4n) is 0.955. The molecule has 0 aliphatic heterocycles. The lowest BCUT2D eigenvalue weighted by molar-refractivity contribution is -0.155. The van der Waals surface area contributed by atoms with E-state index in [0.717, 1.165) is 10.5 Å². The molecule has 0 aliphatic carbocycles. The van der Waals surface area contributed by atoms with Crippen molar-refractivity contribution in [3.05, 3.63) is 41.4 Å². The minimum Gasteiger partial charge on any atom is -0.454 e. The zero-order valence-corrected chi connectivity index (χ0v) is 9.86. The Hall–Kier alpha value is -1.29. The summed E-state index contributed by atoms with van der Waals surface area (Å²) in [5, 5.41) is 0. The third-order valence-electron chi connectivity index (χ3n) is 1.58. The molecule has 0 aliphatic rings. The van der Waals surface area contributed by atoms with Gasteiger partial charge in [0.05, 0.1) is 4.47 Å². The lowest BCUT2D eigenvalue weighted by atomic mass is 10.3. The van der Waals surface area contributed by atoms with Crippen molar-refractivity contribution in [3.63, 3.8) is 0 Å². The van der Waals surface area contributed by atoms with E-state index in [0.29, 0.717) is 5.75 Å². The minimum absolute atomic E-state index is 0.505. The molecule has 4 heteroatoms. The van der Waals surface area contributed by atoms with Crippen LogP contribution in [0, 0.1) is 0 Å². The van der Waals surface area contributed by atoms with Crippen molar-refractivity contribution in [3.8, 4) is 5.75 Å². The largest absolute Gasteiger partial charge is 0.454 e. The highest BCUT2D eigenvalue weighted by Crippen LogP contribution is 2.24. The van der Waals surface area contributed by atoms with Gasteiger partial charge >= 0.3 is 5.97 Å². The smallest absolute Gasteiger partial charge is 0.333 e. The first-order valence-corrected chi connectivity index (χ1v) is 5.17. The summed E-state index contributed by atoms with van der Waals surface area (Å²) in [5.41, 5.74) is 0. The van der Waals surface area contributed by atoms with Crippen LogP contribution in [0.1, 0.15) is 6.92 Å². The fourth-order valence-corrected chi connectivity index (χ4v) is 1.33. The Balaban J connectivity index is 2.58. The van der Waals surface area contributed by atoms with E-state index in [4.69, 9.17) is 9.47 Å². The molecule has 0 bridgehead atoms. The van der Waals surface area contributed by atoms with Crippen LogP contribution in [-0.4, -0.2) is 12.3 Å². The molecule has 0 fully saturated rings. The van der Waals surface area contributed by atoms with Gasteiger partial charge in [-0.05, 0) is 28.1 Å². The minimum atomic E-state index is -0.644. The summed E-state index contributed by atoms with van der Waals surface area (Å²) in [7, 11) is 0. The van der Waals surface area contributed by atoms with E-state index in [1.807, 2.05) is 18.2 Å². The molecular weight excluding hydrogens is 260 g/mol. The average molecular weight is 271 g/mol. The highest BCUT2D eigenvalue weighted by atomic mass is 79.9. The van der Waals surface area contributed by atoms with Gasteiger partial charge in [-0.3, -0.25) is 0 Å². The Morgan fingerprint density at radius 3 is 2.80 bits per heavy atom. The van der Waals surface area contributed by atoms with E-state index in [1.165, 1.54) is 0 Å². The van der Waals surface area contributed by atoms with Crippen molar-refractivity contribution in [2.45, 2.75) is 13.2 Å². The maximum absolute atomic E-state index is 10.9. The Bertz CT molecular complexity index is 363. The lowest BCUT2D eigenvalue weighted by Crippen LogP contribution is -2.19. The van der Waals surface area contributed by atoms with Crippen LogP contribution in [0.15, 0.2) is 41.4 Å². The standard InChI is InChI=1S/C11H11BrO3/c1-3-11(13)15-8(2)14-10-7-5-4-6-9(10)12/h3-8H,1H2,2H3. The molecule has 1 aromatic carbocycles. The molecule has 0 aromatic heterocycles. The van der Waals surface area contributed by atoms with Crippen molar-refractivity contribution in [1.82, 2.24) is 0 Å². The normalized spacial score (nSPS) is 11.6. The van der Waals surface area contributed by atoms with Gasteiger partial charge in [0.25, 0.3) is 0 Å². The highest BCUT2D eigenvalue weighted by molar-refractivity contribution is 9.10. The van der Waals surface area contributed by atoms with E-state index >= 15 is 0 Å². The van der Waals surface area contributed by atoms with Crippen molar-refractivity contribution in [2.75, 3.05) is 0 Å². The summed E-state index contributed by atoms with van der Waals surface area (Å²) in [6.45, 7) is 4.94. The van der Waals surface area contributed by atoms with Crippen LogP contribution in [0.2, 0.25) is 0 Å². The molecule has 15 heavy (non-hydrogen) atoms. The molecule has 0 spiro atoms. The van der Waals surface area contributed by atoms with E-state index < -0.39 is 12.3 Å². The SMILES string of the molecule is C=CC(=O)OC(C)Oc1ccccc1Br. The third-order valence-corrected chi connectivity index (χ3v) is 2.23. The van der Waals surface area contributed by atoms with E-state index in [2.05, 4.69) is 22.5 Å². The first-order valence-electron chi connectivity index (χ1n) is 4.37. The van der Waals surface area contributed by atoms with Crippen molar-refractivity contribution >= 4 is 21.9 Å². The molecule has 0 heterocycles. The van der Waals surface area contributed by atoms with Crippen LogP contribution in [-0.2, 0) is 9.53 Å². The first kappa shape index (κ1) is 11.8. The van der Waals surface area contributed by atoms with Crippen LogP contribution < -0.4 is 4.74 Å². The monoisotopic (exact) mass is 270 g/mol. The number of hydrogen-bond donors (Lipinski definition) is 0. The van der Waals surface area contributed by atoms with Crippen LogP contribution in [0.3, 0.4) is 0 Å². The van der Waals surface area contributed by atoms with Crippen molar-refractivity contribution < 1.29 is 14.3 Å². The number of para-hydroxylation sites is 1. The Labute approximate surface area is 96.8 Å². The topological polar surface area (TPSA) is 35.5 Å². The number of esters is 1. The molecule has 1 aromatic rings. The lowest BCUT2D eigenvalue weighted by Gasteiger charge is -2.15.